The van der Waals surface area contributed by atoms with Crippen LogP contribution in [0.4, 0.5) is 8.78 Å². The van der Waals surface area contributed by atoms with Gasteiger partial charge in [0.15, 0.2) is 11.6 Å². The SMILES string of the molecule is O=C(CC[C@@H]1CCCN(C(=O)C2CC=CC2)C1)NCc1ccc(F)c(F)c1. The summed E-state index contributed by atoms with van der Waals surface area (Å²) in [6.07, 6.45) is 8.94. The van der Waals surface area contributed by atoms with E-state index in [9.17, 15) is 18.4 Å². The van der Waals surface area contributed by atoms with Gasteiger partial charge in [0.2, 0.25) is 11.8 Å². The van der Waals surface area contributed by atoms with Crippen molar-refractivity contribution in [2.24, 2.45) is 11.8 Å². The fourth-order valence-electron chi connectivity index (χ4n) is 3.85. The Hall–Kier alpha value is -2.24. The second-order valence-corrected chi connectivity index (χ2v) is 7.50. The van der Waals surface area contributed by atoms with Gasteiger partial charge in [-0.25, -0.2) is 8.78 Å². The molecule has 3 rings (SSSR count). The maximum Gasteiger partial charge on any atom is 0.226 e. The number of hydrogen-bond acceptors (Lipinski definition) is 2. The molecule has 1 atom stereocenters. The minimum absolute atomic E-state index is 0.100. The lowest BCUT2D eigenvalue weighted by Crippen LogP contribution is -2.42. The van der Waals surface area contributed by atoms with E-state index in [1.54, 1.807) is 0 Å². The van der Waals surface area contributed by atoms with Crippen LogP contribution in [0.5, 0.6) is 0 Å². The molecule has 1 aliphatic heterocycles. The van der Waals surface area contributed by atoms with Crippen molar-refractivity contribution in [1.29, 1.82) is 0 Å². The summed E-state index contributed by atoms with van der Waals surface area (Å²) in [5.41, 5.74) is 0.530. The summed E-state index contributed by atoms with van der Waals surface area (Å²) in [6, 6.07) is 3.61. The molecule has 1 fully saturated rings. The highest BCUT2D eigenvalue weighted by Crippen LogP contribution is 2.26. The molecule has 4 nitrogen and oxygen atoms in total. The van der Waals surface area contributed by atoms with Gasteiger partial charge >= 0.3 is 0 Å². The average molecular weight is 376 g/mol. The largest absolute Gasteiger partial charge is 0.352 e. The summed E-state index contributed by atoms with van der Waals surface area (Å²) in [5.74, 6) is -1.23. The number of benzene rings is 1. The first-order chi connectivity index (χ1) is 13.0. The molecule has 0 aromatic heterocycles. The van der Waals surface area contributed by atoms with E-state index in [1.165, 1.54) is 6.07 Å². The molecule has 0 unspecified atom stereocenters. The van der Waals surface area contributed by atoms with Gasteiger partial charge in [-0.3, -0.25) is 9.59 Å². The Labute approximate surface area is 158 Å². The molecule has 0 saturated carbocycles. The predicted octanol–water partition coefficient (Wildman–Crippen LogP) is 3.57. The summed E-state index contributed by atoms with van der Waals surface area (Å²) >= 11 is 0. The van der Waals surface area contributed by atoms with Crippen LogP contribution in [0, 0.1) is 23.5 Å². The molecule has 1 aromatic rings. The van der Waals surface area contributed by atoms with E-state index in [0.29, 0.717) is 17.9 Å². The Bertz CT molecular complexity index is 712. The standard InChI is InChI=1S/C21H26F2N2O2/c22-18-9-7-16(12-19(18)23)13-24-20(26)10-8-15-4-3-11-25(14-15)21(27)17-5-1-2-6-17/h1-2,7,9,12,15,17H,3-6,8,10-11,13-14H2,(H,24,26)/t15-/m0/s1. The zero-order valence-electron chi connectivity index (χ0n) is 15.4. The number of amides is 2. The smallest absolute Gasteiger partial charge is 0.226 e. The molecule has 6 heteroatoms. The number of piperidine rings is 1. The average Bonchev–Trinajstić information content (AvgIpc) is 3.21. The number of nitrogens with one attached hydrogen (secondary N) is 1. The Morgan fingerprint density at radius 3 is 2.67 bits per heavy atom. The number of halogens is 2. The second-order valence-electron chi connectivity index (χ2n) is 7.50. The van der Waals surface area contributed by atoms with Gasteiger partial charge in [-0.2, -0.15) is 0 Å². The van der Waals surface area contributed by atoms with Crippen LogP contribution < -0.4 is 5.32 Å². The van der Waals surface area contributed by atoms with Gasteiger partial charge in [0.25, 0.3) is 0 Å². The van der Waals surface area contributed by atoms with Crippen LogP contribution in [0.15, 0.2) is 30.4 Å². The first kappa shape index (κ1) is 19.5. The van der Waals surface area contributed by atoms with Crippen molar-refractivity contribution in [3.05, 3.63) is 47.5 Å². The molecule has 0 bridgehead atoms. The van der Waals surface area contributed by atoms with Crippen molar-refractivity contribution in [2.45, 2.75) is 45.1 Å². The summed E-state index contributed by atoms with van der Waals surface area (Å²) in [4.78, 5) is 26.6. The number of hydrogen-bond donors (Lipinski definition) is 1. The number of rotatable bonds is 6. The normalized spacial score (nSPS) is 20.1. The van der Waals surface area contributed by atoms with E-state index < -0.39 is 11.6 Å². The summed E-state index contributed by atoms with van der Waals surface area (Å²) < 4.78 is 26.1. The topological polar surface area (TPSA) is 49.4 Å². The number of allylic oxidation sites excluding steroid dienone is 2. The molecular formula is C21H26F2N2O2. The van der Waals surface area contributed by atoms with Crippen molar-refractivity contribution in [2.75, 3.05) is 13.1 Å². The molecule has 2 aliphatic rings. The Balaban J connectivity index is 1.40. The van der Waals surface area contributed by atoms with Gasteiger partial charge in [-0.15, -0.1) is 0 Å². The first-order valence-electron chi connectivity index (χ1n) is 9.67. The summed E-state index contributed by atoms with van der Waals surface area (Å²) in [7, 11) is 0. The zero-order chi connectivity index (χ0) is 19.2. The van der Waals surface area contributed by atoms with Gasteiger partial charge in [0.1, 0.15) is 0 Å². The molecule has 2 amide bonds. The molecule has 0 spiro atoms. The number of carbonyl (C=O) groups is 2. The molecule has 1 heterocycles. The van der Waals surface area contributed by atoms with Crippen LogP contribution in [-0.2, 0) is 16.1 Å². The third-order valence-electron chi connectivity index (χ3n) is 5.44. The Morgan fingerprint density at radius 2 is 1.93 bits per heavy atom. The van der Waals surface area contributed by atoms with Gasteiger partial charge in [0.05, 0.1) is 0 Å². The zero-order valence-corrected chi connectivity index (χ0v) is 15.4. The lowest BCUT2D eigenvalue weighted by molar-refractivity contribution is -0.137. The van der Waals surface area contributed by atoms with Crippen LogP contribution in [0.3, 0.4) is 0 Å². The molecule has 1 aliphatic carbocycles. The highest BCUT2D eigenvalue weighted by molar-refractivity contribution is 5.80. The Morgan fingerprint density at radius 1 is 1.15 bits per heavy atom. The fraction of sp³-hybridized carbons (Fsp3) is 0.524. The van der Waals surface area contributed by atoms with Crippen molar-refractivity contribution in [3.63, 3.8) is 0 Å². The fourth-order valence-corrected chi connectivity index (χ4v) is 3.85. The van der Waals surface area contributed by atoms with Gasteiger partial charge in [-0.05, 0) is 55.7 Å². The van der Waals surface area contributed by atoms with Crippen LogP contribution in [0.25, 0.3) is 0 Å². The van der Waals surface area contributed by atoms with E-state index in [0.717, 1.165) is 57.3 Å². The van der Waals surface area contributed by atoms with Gasteiger partial charge in [0, 0.05) is 32.0 Å². The first-order valence-corrected chi connectivity index (χ1v) is 9.67. The van der Waals surface area contributed by atoms with Gasteiger partial charge < -0.3 is 10.2 Å². The monoisotopic (exact) mass is 376 g/mol. The molecule has 27 heavy (non-hydrogen) atoms. The Kier molecular flexibility index (Phi) is 6.58. The highest BCUT2D eigenvalue weighted by Gasteiger charge is 2.29. The third-order valence-corrected chi connectivity index (χ3v) is 5.44. The van der Waals surface area contributed by atoms with Gasteiger partial charge in [-0.1, -0.05) is 18.2 Å². The minimum Gasteiger partial charge on any atom is -0.352 e. The third kappa shape index (κ3) is 5.37. The molecule has 146 valence electrons. The van der Waals surface area contributed by atoms with Crippen LogP contribution in [0.1, 0.15) is 44.1 Å². The van der Waals surface area contributed by atoms with E-state index >= 15 is 0 Å². The van der Waals surface area contributed by atoms with E-state index in [4.69, 9.17) is 0 Å². The molecule has 1 saturated heterocycles. The van der Waals surface area contributed by atoms with E-state index in [2.05, 4.69) is 17.5 Å². The van der Waals surface area contributed by atoms with Crippen molar-refractivity contribution in [1.82, 2.24) is 10.2 Å². The van der Waals surface area contributed by atoms with Crippen LogP contribution in [0.2, 0.25) is 0 Å². The van der Waals surface area contributed by atoms with E-state index in [1.807, 2.05) is 4.90 Å². The number of likely N-dealkylation sites (tertiary alicyclic amines) is 1. The minimum atomic E-state index is -0.911. The summed E-state index contributed by atoms with van der Waals surface area (Å²) in [5, 5.41) is 2.75. The van der Waals surface area contributed by atoms with Crippen molar-refractivity contribution < 1.29 is 18.4 Å². The second kappa shape index (κ2) is 9.11. The van der Waals surface area contributed by atoms with Crippen molar-refractivity contribution in [3.8, 4) is 0 Å². The highest BCUT2D eigenvalue weighted by atomic mass is 19.2. The lowest BCUT2D eigenvalue weighted by atomic mass is 9.92. The molecule has 1 N–H and O–H groups in total. The van der Waals surface area contributed by atoms with E-state index in [-0.39, 0.29) is 24.3 Å². The number of carbonyl (C=O) groups excluding carboxylic acids is 2. The quantitative estimate of drug-likeness (QED) is 0.772. The number of nitrogens with zero attached hydrogens (tertiary/aromatic N) is 1. The molecular weight excluding hydrogens is 350 g/mol. The molecule has 0 radical (unpaired) electrons. The molecule has 1 aromatic carbocycles. The summed E-state index contributed by atoms with van der Waals surface area (Å²) in [6.45, 7) is 1.72. The predicted molar refractivity (Wildman–Crippen MR) is 98.6 cm³/mol. The maximum atomic E-state index is 13.2. The van der Waals surface area contributed by atoms with Crippen LogP contribution in [-0.4, -0.2) is 29.8 Å². The van der Waals surface area contributed by atoms with Crippen LogP contribution >= 0.6 is 0 Å². The lowest BCUT2D eigenvalue weighted by Gasteiger charge is -2.34. The van der Waals surface area contributed by atoms with Crippen molar-refractivity contribution >= 4 is 11.8 Å². The maximum absolute atomic E-state index is 13.2.